The van der Waals surface area contributed by atoms with E-state index in [0.717, 1.165) is 25.7 Å². The molecule has 2 heterocycles. The van der Waals surface area contributed by atoms with E-state index in [0.29, 0.717) is 41.5 Å². The van der Waals surface area contributed by atoms with Crippen LogP contribution in [0.5, 0.6) is 0 Å². The van der Waals surface area contributed by atoms with Gasteiger partial charge in [-0.1, -0.05) is 19.9 Å². The summed E-state index contributed by atoms with van der Waals surface area (Å²) < 4.78 is 0. The van der Waals surface area contributed by atoms with E-state index >= 15 is 0 Å². The number of nitrogens with one attached hydrogen (secondary N) is 3. The van der Waals surface area contributed by atoms with Crippen LogP contribution in [0.4, 0.5) is 5.82 Å². The zero-order valence-electron chi connectivity index (χ0n) is 20.4. The van der Waals surface area contributed by atoms with Crippen LogP contribution >= 0.6 is 0 Å². The van der Waals surface area contributed by atoms with E-state index in [-0.39, 0.29) is 34.6 Å². The molecule has 3 fully saturated rings. The van der Waals surface area contributed by atoms with Crippen molar-refractivity contribution >= 4 is 23.5 Å². The Balaban J connectivity index is 1.25. The van der Waals surface area contributed by atoms with Crippen molar-refractivity contribution in [3.05, 3.63) is 36.0 Å². The van der Waals surface area contributed by atoms with Crippen molar-refractivity contribution in [3.8, 4) is 0 Å². The van der Waals surface area contributed by atoms with Crippen LogP contribution in [-0.2, 0) is 9.59 Å². The molecule has 0 aromatic carbocycles. The van der Waals surface area contributed by atoms with Gasteiger partial charge < -0.3 is 16.0 Å². The Morgan fingerprint density at radius 2 is 1.94 bits per heavy atom. The standard InChI is InChI=1S/C27H36N4O3/c1-26-12-10-20-18(6-8-21-27(20,2)13-11-23(32)30-21)19(26)7-5-17(26)14-24(33)31-22-9-4-16(15-29-22)25(34)28-3/h4,9,11,13,15,17-21H,5-8,10,12,14H2,1-3H3,(H,28,34)(H,30,32)(H,29,31,33)/t17-,18+,19+,20+,21-,26-,27-/m1/s1. The molecule has 1 aromatic heterocycles. The molecule has 7 nitrogen and oxygen atoms in total. The number of hydrogen-bond donors (Lipinski definition) is 3. The summed E-state index contributed by atoms with van der Waals surface area (Å²) in [5, 5.41) is 8.73. The maximum atomic E-state index is 12.9. The Kier molecular flexibility index (Phi) is 5.77. The van der Waals surface area contributed by atoms with Crippen molar-refractivity contribution in [1.82, 2.24) is 15.6 Å². The smallest absolute Gasteiger partial charge is 0.252 e. The number of pyridine rings is 1. The maximum absolute atomic E-state index is 12.9. The first-order valence-electron chi connectivity index (χ1n) is 12.7. The number of carbonyl (C=O) groups excluding carboxylic acids is 3. The van der Waals surface area contributed by atoms with Gasteiger partial charge >= 0.3 is 0 Å². The lowest BCUT2D eigenvalue weighted by Crippen LogP contribution is -2.59. The summed E-state index contributed by atoms with van der Waals surface area (Å²) in [5.41, 5.74) is 0.694. The highest BCUT2D eigenvalue weighted by atomic mass is 16.2. The molecule has 0 spiro atoms. The van der Waals surface area contributed by atoms with Gasteiger partial charge in [-0.3, -0.25) is 14.4 Å². The third-order valence-electron chi connectivity index (χ3n) is 9.83. The first kappa shape index (κ1) is 23.1. The summed E-state index contributed by atoms with van der Waals surface area (Å²) in [5.74, 6) is 2.60. The second kappa shape index (κ2) is 8.51. The maximum Gasteiger partial charge on any atom is 0.252 e. The van der Waals surface area contributed by atoms with Crippen molar-refractivity contribution in [3.63, 3.8) is 0 Å². The van der Waals surface area contributed by atoms with E-state index in [1.165, 1.54) is 19.0 Å². The first-order valence-corrected chi connectivity index (χ1v) is 12.7. The zero-order chi connectivity index (χ0) is 24.1. The van der Waals surface area contributed by atoms with Crippen LogP contribution in [0.1, 0.15) is 69.2 Å². The van der Waals surface area contributed by atoms with Crippen molar-refractivity contribution in [2.24, 2.45) is 34.5 Å². The highest BCUT2D eigenvalue weighted by Gasteiger charge is 2.59. The second-order valence-electron chi connectivity index (χ2n) is 11.3. The van der Waals surface area contributed by atoms with Gasteiger partial charge in [0.15, 0.2) is 0 Å². The van der Waals surface area contributed by atoms with Gasteiger partial charge in [0.2, 0.25) is 11.8 Å². The molecule has 5 rings (SSSR count). The van der Waals surface area contributed by atoms with E-state index < -0.39 is 0 Å². The van der Waals surface area contributed by atoms with Crippen LogP contribution < -0.4 is 16.0 Å². The number of nitrogens with zero attached hydrogens (tertiary/aromatic N) is 1. The zero-order valence-corrected chi connectivity index (χ0v) is 20.4. The Hall–Kier alpha value is -2.70. The third-order valence-corrected chi connectivity index (χ3v) is 9.83. The molecular formula is C27H36N4O3. The third kappa shape index (κ3) is 3.73. The fourth-order valence-corrected chi connectivity index (χ4v) is 7.94. The van der Waals surface area contributed by atoms with Crippen molar-refractivity contribution < 1.29 is 14.4 Å². The lowest BCUT2D eigenvalue weighted by Gasteiger charge is -2.59. The molecule has 3 amide bonds. The molecule has 0 bridgehead atoms. The molecule has 1 aromatic rings. The molecular weight excluding hydrogens is 428 g/mol. The molecule has 0 unspecified atom stereocenters. The summed E-state index contributed by atoms with van der Waals surface area (Å²) in [6.07, 6.45) is 12.7. The van der Waals surface area contributed by atoms with E-state index in [4.69, 9.17) is 0 Å². The number of fused-ring (bicyclic) bond motifs is 5. The van der Waals surface area contributed by atoms with Gasteiger partial charge in [0.05, 0.1) is 5.56 Å². The molecule has 0 radical (unpaired) electrons. The SMILES string of the molecule is CNC(=O)c1ccc(NC(=O)C[C@H]2CC[C@H]3[C@@H]4CC[C@H]5NC(=O)C=C[C@]5(C)[C@H]4CC[C@]23C)nc1. The monoisotopic (exact) mass is 464 g/mol. The fourth-order valence-electron chi connectivity index (χ4n) is 7.94. The average Bonchev–Trinajstić information content (AvgIpc) is 3.15. The minimum Gasteiger partial charge on any atom is -0.355 e. The van der Waals surface area contributed by atoms with Crippen molar-refractivity contribution in [1.29, 1.82) is 0 Å². The highest BCUT2D eigenvalue weighted by Crippen LogP contribution is 2.65. The van der Waals surface area contributed by atoms with Crippen LogP contribution in [0.3, 0.4) is 0 Å². The molecule has 34 heavy (non-hydrogen) atoms. The van der Waals surface area contributed by atoms with Crippen LogP contribution in [0.2, 0.25) is 0 Å². The van der Waals surface area contributed by atoms with Gasteiger partial charge in [-0.05, 0) is 85.8 Å². The average molecular weight is 465 g/mol. The quantitative estimate of drug-likeness (QED) is 0.633. The highest BCUT2D eigenvalue weighted by molar-refractivity contribution is 5.94. The number of amides is 3. The van der Waals surface area contributed by atoms with E-state index in [2.05, 4.69) is 40.9 Å². The van der Waals surface area contributed by atoms with E-state index in [1.54, 1.807) is 25.3 Å². The summed E-state index contributed by atoms with van der Waals surface area (Å²) in [6.45, 7) is 4.76. The van der Waals surface area contributed by atoms with Crippen molar-refractivity contribution in [2.45, 2.75) is 64.8 Å². The normalized spacial score (nSPS) is 38.2. The molecule has 3 aliphatic carbocycles. The van der Waals surface area contributed by atoms with E-state index in [9.17, 15) is 14.4 Å². The minimum atomic E-state index is -0.195. The van der Waals surface area contributed by atoms with Crippen molar-refractivity contribution in [2.75, 3.05) is 12.4 Å². The molecule has 7 heteroatoms. The van der Waals surface area contributed by atoms with Gasteiger partial charge in [0.1, 0.15) is 5.82 Å². The lowest BCUT2D eigenvalue weighted by atomic mass is 9.48. The van der Waals surface area contributed by atoms with Crippen LogP contribution in [0.15, 0.2) is 30.5 Å². The van der Waals surface area contributed by atoms with Gasteiger partial charge in [-0.25, -0.2) is 4.98 Å². The Labute approximate surface area is 201 Å². The Morgan fingerprint density at radius 3 is 2.68 bits per heavy atom. The summed E-state index contributed by atoms with van der Waals surface area (Å²) in [7, 11) is 1.58. The first-order chi connectivity index (χ1) is 16.2. The van der Waals surface area contributed by atoms with Gasteiger partial charge in [0.25, 0.3) is 5.91 Å². The number of carbonyl (C=O) groups is 3. The number of rotatable bonds is 4. The van der Waals surface area contributed by atoms with Gasteiger partial charge in [-0.15, -0.1) is 0 Å². The molecule has 7 atom stereocenters. The van der Waals surface area contributed by atoms with Crippen LogP contribution in [0, 0.1) is 34.5 Å². The van der Waals surface area contributed by atoms with Crippen LogP contribution in [0.25, 0.3) is 0 Å². The predicted octanol–water partition coefficient (Wildman–Crippen LogP) is 3.68. The number of anilines is 1. The summed E-state index contributed by atoms with van der Waals surface area (Å²) in [6, 6.07) is 3.61. The molecule has 1 aliphatic heterocycles. The minimum absolute atomic E-state index is 0.00258. The lowest BCUT2D eigenvalue weighted by molar-refractivity contribution is -0.123. The Bertz CT molecular complexity index is 1020. The van der Waals surface area contributed by atoms with Gasteiger partial charge in [0, 0.05) is 31.1 Å². The predicted molar refractivity (Wildman–Crippen MR) is 130 cm³/mol. The fraction of sp³-hybridized carbons (Fsp3) is 0.630. The molecule has 0 saturated heterocycles. The summed E-state index contributed by atoms with van der Waals surface area (Å²) in [4.78, 5) is 40.8. The molecule has 3 saturated carbocycles. The number of aromatic nitrogens is 1. The number of hydrogen-bond acceptors (Lipinski definition) is 4. The topological polar surface area (TPSA) is 100 Å². The largest absolute Gasteiger partial charge is 0.355 e. The second-order valence-corrected chi connectivity index (χ2v) is 11.3. The molecule has 182 valence electrons. The summed E-state index contributed by atoms with van der Waals surface area (Å²) >= 11 is 0. The molecule has 3 N–H and O–H groups in total. The molecule has 4 aliphatic rings. The van der Waals surface area contributed by atoms with Crippen LogP contribution in [-0.4, -0.2) is 35.8 Å². The van der Waals surface area contributed by atoms with Gasteiger partial charge in [-0.2, -0.15) is 0 Å². The van der Waals surface area contributed by atoms with E-state index in [1.807, 2.05) is 0 Å². The Morgan fingerprint density at radius 1 is 1.12 bits per heavy atom.